The van der Waals surface area contributed by atoms with Gasteiger partial charge in [0.1, 0.15) is 6.04 Å². The lowest BCUT2D eigenvalue weighted by Crippen LogP contribution is -2.36. The monoisotopic (exact) mass is 358 g/mol. The minimum atomic E-state index is -4.66. The van der Waals surface area contributed by atoms with Gasteiger partial charge in [0.15, 0.2) is 6.10 Å². The van der Waals surface area contributed by atoms with Crippen LogP contribution < -0.4 is 11.5 Å². The number of rotatable bonds is 8. The predicted molar refractivity (Wildman–Crippen MR) is 71.6 cm³/mol. The van der Waals surface area contributed by atoms with Crippen LogP contribution in [-0.2, 0) is 39.0 Å². The number of carbonyl (C=O) groups excluding carboxylic acids is 3. The van der Waals surface area contributed by atoms with E-state index in [1.807, 2.05) is 0 Å². The molecule has 0 saturated heterocycles. The van der Waals surface area contributed by atoms with Crippen molar-refractivity contribution >= 4 is 28.0 Å². The zero-order valence-electron chi connectivity index (χ0n) is 12.1. The Labute approximate surface area is 131 Å². The summed E-state index contributed by atoms with van der Waals surface area (Å²) in [7, 11) is -4.66. The van der Waals surface area contributed by atoms with Gasteiger partial charge in [-0.3, -0.25) is 9.35 Å². The van der Waals surface area contributed by atoms with Gasteiger partial charge in [0, 0.05) is 13.0 Å². The smallest absolute Gasteiger partial charge is 0.383 e. The molecule has 0 aromatic heterocycles. The van der Waals surface area contributed by atoms with Crippen molar-refractivity contribution in [3.8, 4) is 0 Å². The van der Waals surface area contributed by atoms with Crippen LogP contribution in [0.25, 0.3) is 0 Å². The maximum absolute atomic E-state index is 11.4. The summed E-state index contributed by atoms with van der Waals surface area (Å²) < 4.78 is 34.7. The third kappa shape index (κ3) is 8.41. The average Bonchev–Trinajstić information content (AvgIpc) is 2.45. The Morgan fingerprint density at radius 1 is 1.17 bits per heavy atom. The molecule has 6 N–H and O–H groups in total. The van der Waals surface area contributed by atoms with E-state index in [0.717, 1.165) is 6.92 Å². The Morgan fingerprint density at radius 3 is 2.13 bits per heavy atom. The first-order valence-electron chi connectivity index (χ1n) is 6.20. The Bertz CT molecular complexity index is 532. The molecule has 0 spiro atoms. The largest absolute Gasteiger partial charge is 0.442 e. The number of ether oxygens (including phenoxy) is 1. The molecule has 0 aromatic rings. The Kier molecular flexibility index (Phi) is 8.63. The molecule has 3 atom stereocenters. The summed E-state index contributed by atoms with van der Waals surface area (Å²) in [5.74, 6) is -3.50. The van der Waals surface area contributed by atoms with Gasteiger partial charge in [0.2, 0.25) is 5.44 Å². The molecule has 0 bridgehead atoms. The van der Waals surface area contributed by atoms with Crippen molar-refractivity contribution in [2.45, 2.75) is 37.3 Å². The Hall–Kier alpha value is -1.80. The summed E-state index contributed by atoms with van der Waals surface area (Å²) in [6.45, 7) is 0.420. The third-order valence-electron chi connectivity index (χ3n) is 2.30. The molecule has 12 nitrogen and oxygen atoms in total. The maximum Gasteiger partial charge on any atom is 0.383 e. The summed E-state index contributed by atoms with van der Waals surface area (Å²) in [5.41, 5.74) is 8.44. The standard InChI is InChI=1S/C10H18N2O10S/c1-5(13)9(15)21-22-10(16)6(12)2-3-7(14)20-8(4-11)23(17,18)19/h5-6,8,13H,2-4,11-12H2,1H3,(H,17,18,19)/t5?,6-,8?/m1/s1. The van der Waals surface area contributed by atoms with Gasteiger partial charge >= 0.3 is 28.0 Å². The normalized spacial score (nSPS) is 15.2. The summed E-state index contributed by atoms with van der Waals surface area (Å²) in [6, 6.07) is -1.38. The van der Waals surface area contributed by atoms with Crippen LogP contribution in [0.2, 0.25) is 0 Å². The van der Waals surface area contributed by atoms with Crippen LogP contribution in [0.5, 0.6) is 0 Å². The molecule has 0 fully saturated rings. The number of hydrogen-bond acceptors (Lipinski definition) is 11. The van der Waals surface area contributed by atoms with Crippen molar-refractivity contribution in [1.29, 1.82) is 0 Å². The van der Waals surface area contributed by atoms with E-state index in [2.05, 4.69) is 14.5 Å². The molecule has 0 saturated carbocycles. The molecular weight excluding hydrogens is 340 g/mol. The van der Waals surface area contributed by atoms with E-state index in [9.17, 15) is 22.8 Å². The quantitative estimate of drug-likeness (QED) is 0.150. The van der Waals surface area contributed by atoms with Gasteiger partial charge in [-0.2, -0.15) is 8.42 Å². The molecule has 0 aromatic carbocycles. The topological polar surface area (TPSA) is 206 Å². The lowest BCUT2D eigenvalue weighted by molar-refractivity contribution is -0.264. The molecule has 2 unspecified atom stereocenters. The van der Waals surface area contributed by atoms with E-state index in [1.165, 1.54) is 0 Å². The van der Waals surface area contributed by atoms with Crippen LogP contribution in [0.15, 0.2) is 0 Å². The molecule has 134 valence electrons. The molecule has 0 heterocycles. The Morgan fingerprint density at radius 2 is 1.70 bits per heavy atom. The number of nitrogens with two attached hydrogens (primary N) is 2. The van der Waals surface area contributed by atoms with Gasteiger partial charge in [-0.05, 0) is 13.3 Å². The lowest BCUT2D eigenvalue weighted by Gasteiger charge is -2.14. The van der Waals surface area contributed by atoms with E-state index in [4.69, 9.17) is 21.1 Å². The van der Waals surface area contributed by atoms with Crippen LogP contribution in [0, 0.1) is 0 Å². The molecule has 0 aliphatic heterocycles. The van der Waals surface area contributed by atoms with Crippen LogP contribution in [0.1, 0.15) is 19.8 Å². The summed E-state index contributed by atoms with van der Waals surface area (Å²) >= 11 is 0. The van der Waals surface area contributed by atoms with Gasteiger partial charge < -0.3 is 21.3 Å². The highest BCUT2D eigenvalue weighted by Crippen LogP contribution is 2.05. The summed E-state index contributed by atoms with van der Waals surface area (Å²) in [6.07, 6.45) is -2.33. The van der Waals surface area contributed by atoms with Crippen LogP contribution in [-0.4, -0.2) is 60.1 Å². The molecule has 13 heteroatoms. The summed E-state index contributed by atoms with van der Waals surface area (Å²) in [4.78, 5) is 41.5. The van der Waals surface area contributed by atoms with Crippen LogP contribution >= 0.6 is 0 Å². The van der Waals surface area contributed by atoms with Crippen molar-refractivity contribution in [3.05, 3.63) is 0 Å². The van der Waals surface area contributed by atoms with Crippen LogP contribution in [0.4, 0.5) is 0 Å². The SMILES string of the molecule is CC(O)C(=O)OOC(=O)[C@H](N)CCC(=O)OC(CN)S(=O)(=O)O. The van der Waals surface area contributed by atoms with Crippen molar-refractivity contribution in [1.82, 2.24) is 0 Å². The van der Waals surface area contributed by atoms with E-state index < -0.39 is 58.6 Å². The highest BCUT2D eigenvalue weighted by atomic mass is 32.2. The number of aliphatic hydroxyl groups is 1. The number of carbonyl (C=O) groups is 3. The van der Waals surface area contributed by atoms with Gasteiger partial charge in [-0.15, -0.1) is 0 Å². The van der Waals surface area contributed by atoms with E-state index >= 15 is 0 Å². The first-order valence-corrected chi connectivity index (χ1v) is 7.71. The first-order chi connectivity index (χ1) is 10.5. The maximum atomic E-state index is 11.4. The third-order valence-corrected chi connectivity index (χ3v) is 3.25. The van der Waals surface area contributed by atoms with Gasteiger partial charge in [-0.25, -0.2) is 19.4 Å². The molecular formula is C10H18N2O10S. The highest BCUT2D eigenvalue weighted by molar-refractivity contribution is 7.86. The minimum absolute atomic E-state index is 0.327. The van der Waals surface area contributed by atoms with Crippen molar-refractivity contribution in [2.75, 3.05) is 6.54 Å². The molecule has 0 rings (SSSR count). The average molecular weight is 358 g/mol. The number of aliphatic hydroxyl groups excluding tert-OH is 1. The molecule has 0 amide bonds. The second kappa shape index (κ2) is 9.36. The van der Waals surface area contributed by atoms with Gasteiger partial charge in [0.25, 0.3) is 0 Å². The number of hydrogen-bond donors (Lipinski definition) is 4. The molecule has 0 radical (unpaired) electrons. The minimum Gasteiger partial charge on any atom is -0.442 e. The highest BCUT2D eigenvalue weighted by Gasteiger charge is 2.27. The second-order valence-corrected chi connectivity index (χ2v) is 5.85. The Balaban J connectivity index is 4.27. The number of esters is 1. The zero-order valence-corrected chi connectivity index (χ0v) is 12.9. The van der Waals surface area contributed by atoms with Gasteiger partial charge in [-0.1, -0.05) is 0 Å². The second-order valence-electron chi connectivity index (χ2n) is 4.30. The molecule has 23 heavy (non-hydrogen) atoms. The summed E-state index contributed by atoms with van der Waals surface area (Å²) in [5, 5.41) is 8.78. The van der Waals surface area contributed by atoms with E-state index in [0.29, 0.717) is 0 Å². The van der Waals surface area contributed by atoms with Crippen molar-refractivity contribution in [2.24, 2.45) is 11.5 Å². The first kappa shape index (κ1) is 21.2. The fourth-order valence-corrected chi connectivity index (χ4v) is 1.51. The fraction of sp³-hybridized carbons (Fsp3) is 0.700. The van der Waals surface area contributed by atoms with Crippen molar-refractivity contribution < 1.29 is 47.0 Å². The van der Waals surface area contributed by atoms with E-state index in [1.54, 1.807) is 0 Å². The van der Waals surface area contributed by atoms with Crippen LogP contribution in [0.3, 0.4) is 0 Å². The fourth-order valence-electron chi connectivity index (χ4n) is 1.04. The van der Waals surface area contributed by atoms with Gasteiger partial charge in [0.05, 0.1) is 0 Å². The van der Waals surface area contributed by atoms with Crippen molar-refractivity contribution in [3.63, 3.8) is 0 Å². The van der Waals surface area contributed by atoms with E-state index in [-0.39, 0.29) is 6.42 Å². The predicted octanol–water partition coefficient (Wildman–Crippen LogP) is -2.81. The zero-order chi connectivity index (χ0) is 18.2. The lowest BCUT2D eigenvalue weighted by atomic mass is 10.2. The molecule has 0 aliphatic carbocycles. The molecule has 0 aliphatic rings.